The lowest BCUT2D eigenvalue weighted by atomic mass is 10.2. The van der Waals surface area contributed by atoms with Crippen molar-refractivity contribution in [2.75, 3.05) is 27.2 Å². The van der Waals surface area contributed by atoms with Crippen LogP contribution in [0.4, 0.5) is 0 Å². The Morgan fingerprint density at radius 2 is 2.15 bits per heavy atom. The highest BCUT2D eigenvalue weighted by atomic mass is 16.3. The molecular weight excluding hydrogens is 250 g/mol. The van der Waals surface area contributed by atoms with Crippen molar-refractivity contribution in [1.29, 1.82) is 0 Å². The van der Waals surface area contributed by atoms with Gasteiger partial charge in [-0.15, -0.1) is 0 Å². The van der Waals surface area contributed by atoms with Crippen LogP contribution in [0.15, 0.2) is 16.7 Å². The Bertz CT molecular complexity index is 398. The van der Waals surface area contributed by atoms with Crippen LogP contribution in [0.5, 0.6) is 0 Å². The largest absolute Gasteiger partial charge is 0.468 e. The van der Waals surface area contributed by atoms with Gasteiger partial charge in [-0.25, -0.2) is 0 Å². The monoisotopic (exact) mass is 279 g/mol. The van der Waals surface area contributed by atoms with Crippen LogP contribution < -0.4 is 5.32 Å². The van der Waals surface area contributed by atoms with Gasteiger partial charge in [0.1, 0.15) is 5.76 Å². The Kier molecular flexibility index (Phi) is 5.64. The zero-order chi connectivity index (χ0) is 14.5. The SMILES string of the molecule is CCN(Cc1cc(CNC2CC2)co1)C(C)CN(C)C. The van der Waals surface area contributed by atoms with Crippen molar-refractivity contribution < 1.29 is 4.42 Å². The molecule has 4 heteroatoms. The van der Waals surface area contributed by atoms with Crippen LogP contribution in [0.2, 0.25) is 0 Å². The molecule has 1 aliphatic rings. The van der Waals surface area contributed by atoms with Gasteiger partial charge in [0.2, 0.25) is 0 Å². The van der Waals surface area contributed by atoms with E-state index in [-0.39, 0.29) is 0 Å². The standard InChI is InChI=1S/C16H29N3O/c1-5-19(13(2)10-18(3)4)11-16-8-14(12-20-16)9-17-15-6-7-15/h8,12-13,15,17H,5-7,9-11H2,1-4H3. The van der Waals surface area contributed by atoms with Crippen LogP contribution in [0.25, 0.3) is 0 Å². The molecule has 1 unspecified atom stereocenters. The van der Waals surface area contributed by atoms with Gasteiger partial charge in [-0.1, -0.05) is 6.92 Å². The van der Waals surface area contributed by atoms with Crippen molar-refractivity contribution in [2.24, 2.45) is 0 Å². The van der Waals surface area contributed by atoms with Gasteiger partial charge < -0.3 is 14.6 Å². The Balaban J connectivity index is 1.83. The molecule has 2 rings (SSSR count). The summed E-state index contributed by atoms with van der Waals surface area (Å²) in [5, 5.41) is 3.52. The molecule has 1 aromatic rings. The molecular formula is C16H29N3O. The highest BCUT2D eigenvalue weighted by Gasteiger charge is 2.20. The summed E-state index contributed by atoms with van der Waals surface area (Å²) in [5.41, 5.74) is 1.27. The second kappa shape index (κ2) is 7.25. The van der Waals surface area contributed by atoms with E-state index in [0.717, 1.165) is 38.0 Å². The van der Waals surface area contributed by atoms with Gasteiger partial charge in [-0.2, -0.15) is 0 Å². The van der Waals surface area contributed by atoms with Crippen molar-refractivity contribution >= 4 is 0 Å². The number of furan rings is 1. The molecule has 4 nitrogen and oxygen atoms in total. The molecule has 1 heterocycles. The predicted molar refractivity (Wildman–Crippen MR) is 82.7 cm³/mol. The van der Waals surface area contributed by atoms with E-state index in [1.165, 1.54) is 18.4 Å². The minimum absolute atomic E-state index is 0.535. The Morgan fingerprint density at radius 1 is 1.40 bits per heavy atom. The second-order valence-corrected chi connectivity index (χ2v) is 6.25. The van der Waals surface area contributed by atoms with Gasteiger partial charge in [0, 0.05) is 30.7 Å². The van der Waals surface area contributed by atoms with E-state index in [2.05, 4.69) is 49.1 Å². The average molecular weight is 279 g/mol. The van der Waals surface area contributed by atoms with Gasteiger partial charge in [0.05, 0.1) is 12.8 Å². The van der Waals surface area contributed by atoms with E-state index in [0.29, 0.717) is 6.04 Å². The van der Waals surface area contributed by atoms with Crippen LogP contribution in [-0.4, -0.2) is 49.1 Å². The quantitative estimate of drug-likeness (QED) is 0.751. The maximum atomic E-state index is 5.71. The molecule has 0 aromatic carbocycles. The van der Waals surface area contributed by atoms with Gasteiger partial charge in [-0.05, 0) is 46.5 Å². The lowest BCUT2D eigenvalue weighted by Crippen LogP contribution is -2.39. The van der Waals surface area contributed by atoms with Crippen molar-refractivity contribution in [3.63, 3.8) is 0 Å². The molecule has 0 aliphatic heterocycles. The first-order chi connectivity index (χ1) is 9.58. The first kappa shape index (κ1) is 15.5. The van der Waals surface area contributed by atoms with E-state index in [9.17, 15) is 0 Å². The summed E-state index contributed by atoms with van der Waals surface area (Å²) in [4.78, 5) is 4.69. The minimum atomic E-state index is 0.535. The highest BCUT2D eigenvalue weighted by molar-refractivity contribution is 5.13. The number of nitrogens with zero attached hydrogens (tertiary/aromatic N) is 2. The lowest BCUT2D eigenvalue weighted by molar-refractivity contribution is 0.163. The topological polar surface area (TPSA) is 31.6 Å². The fraction of sp³-hybridized carbons (Fsp3) is 0.750. The van der Waals surface area contributed by atoms with E-state index in [1.807, 2.05) is 6.26 Å². The van der Waals surface area contributed by atoms with Crippen molar-refractivity contribution in [1.82, 2.24) is 15.1 Å². The number of rotatable bonds is 9. The number of hydrogen-bond acceptors (Lipinski definition) is 4. The summed E-state index contributed by atoms with van der Waals surface area (Å²) in [6, 6.07) is 3.48. The van der Waals surface area contributed by atoms with Gasteiger partial charge in [0.25, 0.3) is 0 Å². The summed E-state index contributed by atoms with van der Waals surface area (Å²) in [6.07, 6.45) is 4.56. The van der Waals surface area contributed by atoms with Crippen molar-refractivity contribution in [2.45, 2.75) is 51.9 Å². The van der Waals surface area contributed by atoms with Gasteiger partial charge in [0.15, 0.2) is 0 Å². The predicted octanol–water partition coefficient (Wildman–Crippen LogP) is 2.30. The zero-order valence-corrected chi connectivity index (χ0v) is 13.4. The van der Waals surface area contributed by atoms with Crippen LogP contribution >= 0.6 is 0 Å². The molecule has 0 amide bonds. The molecule has 0 radical (unpaired) electrons. The van der Waals surface area contributed by atoms with Crippen molar-refractivity contribution in [3.8, 4) is 0 Å². The smallest absolute Gasteiger partial charge is 0.118 e. The molecule has 1 aromatic heterocycles. The van der Waals surface area contributed by atoms with E-state index in [4.69, 9.17) is 4.42 Å². The normalized spacial score (nSPS) is 17.1. The molecule has 0 bridgehead atoms. The third-order valence-corrected chi connectivity index (χ3v) is 3.90. The lowest BCUT2D eigenvalue weighted by Gasteiger charge is -2.29. The number of nitrogens with one attached hydrogen (secondary N) is 1. The first-order valence-corrected chi connectivity index (χ1v) is 7.77. The molecule has 1 aliphatic carbocycles. The average Bonchev–Trinajstić information content (AvgIpc) is 3.12. The number of hydrogen-bond donors (Lipinski definition) is 1. The fourth-order valence-electron chi connectivity index (χ4n) is 2.57. The highest BCUT2D eigenvalue weighted by Crippen LogP contribution is 2.20. The molecule has 1 N–H and O–H groups in total. The van der Waals surface area contributed by atoms with Crippen LogP contribution in [-0.2, 0) is 13.1 Å². The Labute approximate surface area is 123 Å². The first-order valence-electron chi connectivity index (χ1n) is 7.77. The number of likely N-dealkylation sites (N-methyl/N-ethyl adjacent to an activating group) is 2. The fourth-order valence-corrected chi connectivity index (χ4v) is 2.57. The van der Waals surface area contributed by atoms with Gasteiger partial charge >= 0.3 is 0 Å². The molecule has 0 saturated heterocycles. The Morgan fingerprint density at radius 3 is 2.75 bits per heavy atom. The third-order valence-electron chi connectivity index (χ3n) is 3.90. The van der Waals surface area contributed by atoms with E-state index >= 15 is 0 Å². The maximum absolute atomic E-state index is 5.71. The van der Waals surface area contributed by atoms with Crippen molar-refractivity contribution in [3.05, 3.63) is 23.7 Å². The summed E-state index contributed by atoms with van der Waals surface area (Å²) < 4.78 is 5.71. The van der Waals surface area contributed by atoms with Gasteiger partial charge in [-0.3, -0.25) is 4.90 Å². The zero-order valence-electron chi connectivity index (χ0n) is 13.4. The van der Waals surface area contributed by atoms with Crippen LogP contribution in [0.1, 0.15) is 38.0 Å². The molecule has 0 spiro atoms. The van der Waals surface area contributed by atoms with E-state index in [1.54, 1.807) is 0 Å². The maximum Gasteiger partial charge on any atom is 0.118 e. The molecule has 1 atom stereocenters. The van der Waals surface area contributed by atoms with Crippen LogP contribution in [0.3, 0.4) is 0 Å². The van der Waals surface area contributed by atoms with Crippen LogP contribution in [0, 0.1) is 0 Å². The molecule has 114 valence electrons. The summed E-state index contributed by atoms with van der Waals surface area (Å²) in [6.45, 7) is 8.45. The Hall–Kier alpha value is -0.840. The molecule has 1 fully saturated rings. The third kappa shape index (κ3) is 4.93. The summed E-state index contributed by atoms with van der Waals surface area (Å²) in [5.74, 6) is 1.07. The molecule has 20 heavy (non-hydrogen) atoms. The molecule has 1 saturated carbocycles. The summed E-state index contributed by atoms with van der Waals surface area (Å²) >= 11 is 0. The second-order valence-electron chi connectivity index (χ2n) is 6.25. The minimum Gasteiger partial charge on any atom is -0.468 e. The van der Waals surface area contributed by atoms with E-state index < -0.39 is 0 Å². The summed E-state index contributed by atoms with van der Waals surface area (Å²) in [7, 11) is 4.25.